The molecule has 0 radical (unpaired) electrons. The highest BCUT2D eigenvalue weighted by Gasteiger charge is 2.43. The molecule has 5 rings (SSSR count). The average molecular weight is 553 g/mol. The largest absolute Gasteiger partial charge is 0.457 e. The first-order valence-corrected chi connectivity index (χ1v) is 14.4. The third kappa shape index (κ3) is 6.84. The Kier molecular flexibility index (Phi) is 8.59. The molecule has 3 aromatic rings. The number of nitrogens with zero attached hydrogens (tertiary/aromatic N) is 1. The lowest BCUT2D eigenvalue weighted by atomic mass is 9.96. The molecule has 4 atom stereocenters. The SMILES string of the molecule is O=C(C[C@H]1CC[C@@H]2[C@H](COC[C@H](O)CN2S(=O)(=O)c2ccc(Oc3ccccc3)cc2)O1)Nc1ccccc1. The molecule has 2 aliphatic heterocycles. The number of aliphatic hydroxyl groups is 1. The fraction of sp³-hybridized carbons (Fsp3) is 0.345. The van der Waals surface area contributed by atoms with Crippen molar-refractivity contribution in [2.45, 2.75) is 48.5 Å². The zero-order chi connectivity index (χ0) is 27.2. The number of nitrogens with one attached hydrogen (secondary N) is 1. The van der Waals surface area contributed by atoms with Crippen LogP contribution in [0.15, 0.2) is 89.8 Å². The molecule has 2 heterocycles. The van der Waals surface area contributed by atoms with Crippen molar-refractivity contribution in [3.8, 4) is 11.5 Å². The van der Waals surface area contributed by atoms with E-state index in [1.165, 1.54) is 16.4 Å². The zero-order valence-electron chi connectivity index (χ0n) is 21.4. The van der Waals surface area contributed by atoms with Crippen LogP contribution in [0.4, 0.5) is 5.69 Å². The first-order chi connectivity index (χ1) is 18.9. The number of hydrogen-bond donors (Lipinski definition) is 2. The fourth-order valence-electron chi connectivity index (χ4n) is 4.95. The van der Waals surface area contributed by atoms with Crippen molar-refractivity contribution in [1.29, 1.82) is 0 Å². The van der Waals surface area contributed by atoms with Crippen molar-refractivity contribution >= 4 is 21.6 Å². The number of carbonyl (C=O) groups is 1. The molecular formula is C29H32N2O7S. The maximum atomic E-state index is 13.8. The minimum atomic E-state index is -3.97. The van der Waals surface area contributed by atoms with Crippen LogP contribution in [0.25, 0.3) is 0 Å². The Morgan fingerprint density at radius 3 is 2.31 bits per heavy atom. The number of para-hydroxylation sites is 2. The summed E-state index contributed by atoms with van der Waals surface area (Å²) in [5, 5.41) is 13.3. The van der Waals surface area contributed by atoms with E-state index in [1.54, 1.807) is 12.1 Å². The van der Waals surface area contributed by atoms with Gasteiger partial charge in [0, 0.05) is 12.2 Å². The van der Waals surface area contributed by atoms with Crippen LogP contribution in [0, 0.1) is 0 Å². The van der Waals surface area contributed by atoms with Crippen LogP contribution >= 0.6 is 0 Å². The van der Waals surface area contributed by atoms with Crippen LogP contribution in [0.1, 0.15) is 19.3 Å². The van der Waals surface area contributed by atoms with Gasteiger partial charge in [-0.25, -0.2) is 8.42 Å². The minimum absolute atomic E-state index is 0.0123. The van der Waals surface area contributed by atoms with Crippen LogP contribution in [0.3, 0.4) is 0 Å². The predicted molar refractivity (Wildman–Crippen MR) is 145 cm³/mol. The van der Waals surface area contributed by atoms with Crippen molar-refractivity contribution < 1.29 is 32.5 Å². The number of ether oxygens (including phenoxy) is 3. The van der Waals surface area contributed by atoms with E-state index in [9.17, 15) is 18.3 Å². The Hall–Kier alpha value is -3.28. The van der Waals surface area contributed by atoms with Crippen LogP contribution in [0.5, 0.6) is 11.5 Å². The molecule has 9 nitrogen and oxygen atoms in total. The Morgan fingerprint density at radius 2 is 1.59 bits per heavy atom. The summed E-state index contributed by atoms with van der Waals surface area (Å²) >= 11 is 0. The normalized spacial score (nSPS) is 24.1. The smallest absolute Gasteiger partial charge is 0.243 e. The summed E-state index contributed by atoms with van der Waals surface area (Å²) in [7, 11) is -3.97. The molecule has 2 N–H and O–H groups in total. The lowest BCUT2D eigenvalue weighted by molar-refractivity contribution is -0.144. The first-order valence-electron chi connectivity index (χ1n) is 13.0. The molecule has 0 aromatic heterocycles. The minimum Gasteiger partial charge on any atom is -0.457 e. The van der Waals surface area contributed by atoms with Gasteiger partial charge in [0.2, 0.25) is 15.9 Å². The first kappa shape index (κ1) is 27.3. The van der Waals surface area contributed by atoms with Crippen molar-refractivity contribution in [2.75, 3.05) is 25.1 Å². The number of hydrogen-bond acceptors (Lipinski definition) is 7. The van der Waals surface area contributed by atoms with Crippen LogP contribution in [-0.4, -0.2) is 67.8 Å². The third-order valence-corrected chi connectivity index (χ3v) is 8.72. The second-order valence-corrected chi connectivity index (χ2v) is 11.6. The number of anilines is 1. The third-order valence-electron chi connectivity index (χ3n) is 6.81. The van der Waals surface area contributed by atoms with Gasteiger partial charge in [-0.05, 0) is 61.4 Å². The zero-order valence-corrected chi connectivity index (χ0v) is 22.2. The molecule has 3 aromatic carbocycles. The second-order valence-electron chi connectivity index (χ2n) is 9.71. The van der Waals surface area contributed by atoms with Gasteiger partial charge in [0.25, 0.3) is 0 Å². The van der Waals surface area contributed by atoms with Gasteiger partial charge < -0.3 is 24.6 Å². The molecule has 0 aliphatic carbocycles. The predicted octanol–water partition coefficient (Wildman–Crippen LogP) is 3.81. The van der Waals surface area contributed by atoms with Crippen LogP contribution in [-0.2, 0) is 24.3 Å². The highest BCUT2D eigenvalue weighted by Crippen LogP contribution is 2.32. The Balaban J connectivity index is 1.29. The van der Waals surface area contributed by atoms with Gasteiger partial charge in [0.15, 0.2) is 0 Å². The topological polar surface area (TPSA) is 114 Å². The molecule has 0 spiro atoms. The van der Waals surface area contributed by atoms with Gasteiger partial charge >= 0.3 is 0 Å². The Morgan fingerprint density at radius 1 is 0.923 bits per heavy atom. The van der Waals surface area contributed by atoms with E-state index in [4.69, 9.17) is 14.2 Å². The molecule has 206 valence electrons. The van der Waals surface area contributed by atoms with E-state index in [2.05, 4.69) is 5.32 Å². The van der Waals surface area contributed by atoms with Crippen molar-refractivity contribution in [2.24, 2.45) is 0 Å². The highest BCUT2D eigenvalue weighted by atomic mass is 32.2. The Bertz CT molecular complexity index is 1340. The van der Waals surface area contributed by atoms with Crippen LogP contribution < -0.4 is 10.1 Å². The molecule has 1 amide bonds. The summed E-state index contributed by atoms with van der Waals surface area (Å²) in [6.45, 7) is -0.00962. The number of amides is 1. The number of rotatable bonds is 7. The van der Waals surface area contributed by atoms with Crippen molar-refractivity contribution in [3.05, 3.63) is 84.9 Å². The van der Waals surface area contributed by atoms with Gasteiger partial charge in [-0.3, -0.25) is 4.79 Å². The monoisotopic (exact) mass is 552 g/mol. The quantitative estimate of drug-likeness (QED) is 0.458. The summed E-state index contributed by atoms with van der Waals surface area (Å²) in [6.07, 6.45) is -0.807. The van der Waals surface area contributed by atoms with Gasteiger partial charge in [0.05, 0.1) is 48.9 Å². The summed E-state index contributed by atoms with van der Waals surface area (Å²) in [5.74, 6) is 0.986. The molecule has 0 unspecified atom stereocenters. The standard InChI is InChI=1S/C29H32N2O7S/c32-22-18-31(39(34,35)26-14-11-24(12-15-26)37-23-9-5-2-6-10-23)27-16-13-25(38-28(27)20-36-19-22)17-29(33)30-21-7-3-1-4-8-21/h1-12,14-15,22,25,27-28,32H,13,16-20H2,(H,30,33)/t22-,25-,27-,28+/m1/s1. The van der Waals surface area contributed by atoms with E-state index in [1.807, 2.05) is 60.7 Å². The molecule has 0 saturated carbocycles. The molecule has 10 heteroatoms. The maximum Gasteiger partial charge on any atom is 0.243 e. The Labute approximate surface area is 228 Å². The molecule has 0 bridgehead atoms. The highest BCUT2D eigenvalue weighted by molar-refractivity contribution is 7.89. The maximum absolute atomic E-state index is 13.8. The number of sulfonamides is 1. The molecule has 2 fully saturated rings. The van der Waals surface area contributed by atoms with Gasteiger partial charge in [-0.1, -0.05) is 36.4 Å². The van der Waals surface area contributed by atoms with Gasteiger partial charge in [-0.15, -0.1) is 0 Å². The van der Waals surface area contributed by atoms with Gasteiger partial charge in [0.1, 0.15) is 11.5 Å². The average Bonchev–Trinajstić information content (AvgIpc) is 2.92. The number of aliphatic hydroxyl groups excluding tert-OH is 1. The van der Waals surface area contributed by atoms with E-state index in [-0.39, 0.29) is 43.1 Å². The summed E-state index contributed by atoms with van der Waals surface area (Å²) in [5.41, 5.74) is 0.705. The molecule has 39 heavy (non-hydrogen) atoms. The van der Waals surface area contributed by atoms with Crippen molar-refractivity contribution in [1.82, 2.24) is 4.31 Å². The van der Waals surface area contributed by atoms with Crippen LogP contribution in [0.2, 0.25) is 0 Å². The van der Waals surface area contributed by atoms with E-state index < -0.39 is 28.3 Å². The lowest BCUT2D eigenvalue weighted by Crippen LogP contribution is -2.57. The van der Waals surface area contributed by atoms with E-state index >= 15 is 0 Å². The van der Waals surface area contributed by atoms with E-state index in [0.717, 1.165) is 0 Å². The number of carbonyl (C=O) groups excluding carboxylic acids is 1. The molecule has 2 saturated heterocycles. The van der Waals surface area contributed by atoms with E-state index in [0.29, 0.717) is 30.0 Å². The summed E-state index contributed by atoms with van der Waals surface area (Å²) in [4.78, 5) is 12.7. The van der Waals surface area contributed by atoms with Gasteiger partial charge in [-0.2, -0.15) is 4.31 Å². The number of β-amino-alcohol motifs (C(OH)–C–C–N with tert-alkyl or cyclic N) is 1. The number of benzene rings is 3. The molecule has 2 aliphatic rings. The van der Waals surface area contributed by atoms with Crippen molar-refractivity contribution in [3.63, 3.8) is 0 Å². The fourth-order valence-corrected chi connectivity index (χ4v) is 6.67. The summed E-state index contributed by atoms with van der Waals surface area (Å²) < 4.78 is 46.6. The number of fused-ring (bicyclic) bond motifs is 1. The molecular weight excluding hydrogens is 520 g/mol. The summed E-state index contributed by atoms with van der Waals surface area (Å²) in [6, 6.07) is 24.1. The lowest BCUT2D eigenvalue weighted by Gasteiger charge is -2.43. The second kappa shape index (κ2) is 12.3.